The van der Waals surface area contributed by atoms with Crippen molar-refractivity contribution < 1.29 is 9.21 Å². The van der Waals surface area contributed by atoms with Gasteiger partial charge in [-0.25, -0.2) is 0 Å². The SMILES string of the molecule is CC(c1cc2ccccc2o1)N(C)C(=O)c1csc(Br)c1. The molecule has 0 radical (unpaired) electrons. The largest absolute Gasteiger partial charge is 0.459 e. The maximum atomic E-state index is 12.5. The van der Waals surface area contributed by atoms with Crippen LogP contribution in [0.25, 0.3) is 11.0 Å². The van der Waals surface area contributed by atoms with Gasteiger partial charge in [0.25, 0.3) is 5.91 Å². The lowest BCUT2D eigenvalue weighted by atomic mass is 10.2. The number of thiophene rings is 1. The van der Waals surface area contributed by atoms with Crippen molar-refractivity contribution in [3.05, 3.63) is 56.9 Å². The molecule has 0 aliphatic carbocycles. The summed E-state index contributed by atoms with van der Waals surface area (Å²) in [5, 5.41) is 2.91. The molecule has 0 aliphatic heterocycles. The highest BCUT2D eigenvalue weighted by Gasteiger charge is 2.22. The van der Waals surface area contributed by atoms with E-state index in [0.717, 1.165) is 20.5 Å². The molecule has 1 unspecified atom stereocenters. The van der Waals surface area contributed by atoms with Crippen molar-refractivity contribution in [1.29, 1.82) is 0 Å². The summed E-state index contributed by atoms with van der Waals surface area (Å²) >= 11 is 4.89. The molecule has 0 aliphatic rings. The van der Waals surface area contributed by atoms with Gasteiger partial charge in [0.2, 0.25) is 0 Å². The molecule has 0 spiro atoms. The van der Waals surface area contributed by atoms with Crippen LogP contribution in [0.1, 0.15) is 29.1 Å². The maximum absolute atomic E-state index is 12.5. The predicted octanol–water partition coefficient (Wildman–Crippen LogP) is 5.09. The predicted molar refractivity (Wildman–Crippen MR) is 88.7 cm³/mol. The molecule has 1 aromatic carbocycles. The van der Waals surface area contributed by atoms with E-state index in [1.807, 2.05) is 48.7 Å². The molecule has 108 valence electrons. The summed E-state index contributed by atoms with van der Waals surface area (Å²) in [6.07, 6.45) is 0. The molecule has 0 fully saturated rings. The van der Waals surface area contributed by atoms with Gasteiger partial charge >= 0.3 is 0 Å². The molecule has 3 aromatic rings. The molecule has 1 amide bonds. The van der Waals surface area contributed by atoms with E-state index < -0.39 is 0 Å². The molecular formula is C16H14BrNO2S. The number of nitrogens with zero attached hydrogens (tertiary/aromatic N) is 1. The van der Waals surface area contributed by atoms with Gasteiger partial charge in [-0.2, -0.15) is 0 Å². The lowest BCUT2D eigenvalue weighted by Crippen LogP contribution is -2.29. The van der Waals surface area contributed by atoms with Crippen molar-refractivity contribution in [2.75, 3.05) is 7.05 Å². The minimum Gasteiger partial charge on any atom is -0.459 e. The van der Waals surface area contributed by atoms with Gasteiger partial charge in [0.1, 0.15) is 11.3 Å². The number of hydrogen-bond donors (Lipinski definition) is 0. The number of fused-ring (bicyclic) bond motifs is 1. The molecule has 1 atom stereocenters. The number of furan rings is 1. The first kappa shape index (κ1) is 14.4. The third-order valence-corrected chi connectivity index (χ3v) is 5.08. The van der Waals surface area contributed by atoms with Gasteiger partial charge in [-0.3, -0.25) is 4.79 Å². The van der Waals surface area contributed by atoms with E-state index in [9.17, 15) is 4.79 Å². The average Bonchev–Trinajstić information content (AvgIpc) is 3.10. The van der Waals surface area contributed by atoms with Gasteiger partial charge in [-0.1, -0.05) is 18.2 Å². The summed E-state index contributed by atoms with van der Waals surface area (Å²) in [6.45, 7) is 1.97. The van der Waals surface area contributed by atoms with Crippen LogP contribution < -0.4 is 0 Å². The number of benzene rings is 1. The first-order valence-electron chi connectivity index (χ1n) is 6.56. The number of rotatable bonds is 3. The van der Waals surface area contributed by atoms with Gasteiger partial charge in [0, 0.05) is 17.8 Å². The first-order chi connectivity index (χ1) is 10.1. The van der Waals surface area contributed by atoms with Crippen LogP contribution in [-0.2, 0) is 0 Å². The van der Waals surface area contributed by atoms with E-state index >= 15 is 0 Å². The minimum atomic E-state index is -0.122. The smallest absolute Gasteiger partial charge is 0.255 e. The Bertz CT molecular complexity index is 759. The zero-order valence-corrected chi connectivity index (χ0v) is 14.1. The Morgan fingerprint density at radius 1 is 1.33 bits per heavy atom. The monoisotopic (exact) mass is 363 g/mol. The summed E-state index contributed by atoms with van der Waals surface area (Å²) in [5.74, 6) is 0.784. The number of para-hydroxylation sites is 1. The maximum Gasteiger partial charge on any atom is 0.255 e. The number of halogens is 1. The van der Waals surface area contributed by atoms with Gasteiger partial charge in [0.15, 0.2) is 0 Å². The van der Waals surface area contributed by atoms with Crippen LogP contribution in [0, 0.1) is 0 Å². The van der Waals surface area contributed by atoms with E-state index in [-0.39, 0.29) is 11.9 Å². The normalized spacial score (nSPS) is 12.5. The Kier molecular flexibility index (Phi) is 3.87. The molecule has 5 heteroatoms. The summed E-state index contributed by atoms with van der Waals surface area (Å²) in [6, 6.07) is 11.6. The van der Waals surface area contributed by atoms with Crippen LogP contribution >= 0.6 is 27.3 Å². The topological polar surface area (TPSA) is 33.5 Å². The molecule has 0 bridgehead atoms. The molecule has 2 heterocycles. The molecule has 0 saturated carbocycles. The highest BCUT2D eigenvalue weighted by atomic mass is 79.9. The molecule has 3 nitrogen and oxygen atoms in total. The van der Waals surface area contributed by atoms with Gasteiger partial charge in [0.05, 0.1) is 15.4 Å². The van der Waals surface area contributed by atoms with E-state index in [4.69, 9.17) is 4.42 Å². The molecule has 0 saturated heterocycles. The van der Waals surface area contributed by atoms with Crippen LogP contribution in [0.4, 0.5) is 0 Å². The van der Waals surface area contributed by atoms with Crippen molar-refractivity contribution in [2.24, 2.45) is 0 Å². The zero-order chi connectivity index (χ0) is 15.0. The Morgan fingerprint density at radius 2 is 2.10 bits per heavy atom. The fraction of sp³-hybridized carbons (Fsp3) is 0.188. The highest BCUT2D eigenvalue weighted by Crippen LogP contribution is 2.28. The quantitative estimate of drug-likeness (QED) is 0.649. The second-order valence-corrected chi connectivity index (χ2v) is 7.21. The second-order valence-electron chi connectivity index (χ2n) is 4.92. The van der Waals surface area contributed by atoms with Crippen LogP contribution in [0.2, 0.25) is 0 Å². The van der Waals surface area contributed by atoms with E-state index in [0.29, 0.717) is 5.56 Å². The fourth-order valence-electron chi connectivity index (χ4n) is 2.20. The number of carbonyl (C=O) groups is 1. The second kappa shape index (κ2) is 5.66. The van der Waals surface area contributed by atoms with Crippen molar-refractivity contribution >= 4 is 44.1 Å². The molecular weight excluding hydrogens is 350 g/mol. The average molecular weight is 364 g/mol. The molecule has 0 N–H and O–H groups in total. The van der Waals surface area contributed by atoms with E-state index in [1.165, 1.54) is 11.3 Å². The minimum absolute atomic E-state index is 0.00935. The lowest BCUT2D eigenvalue weighted by Gasteiger charge is -2.22. The number of amides is 1. The Labute approximate surface area is 135 Å². The third-order valence-electron chi connectivity index (χ3n) is 3.57. The molecule has 2 aromatic heterocycles. The van der Waals surface area contributed by atoms with Crippen LogP contribution in [0.5, 0.6) is 0 Å². The van der Waals surface area contributed by atoms with Crippen LogP contribution in [0.3, 0.4) is 0 Å². The molecule has 21 heavy (non-hydrogen) atoms. The Balaban J connectivity index is 1.86. The summed E-state index contributed by atoms with van der Waals surface area (Å²) < 4.78 is 6.80. The molecule has 3 rings (SSSR count). The number of carbonyl (C=O) groups excluding carboxylic acids is 1. The van der Waals surface area contributed by atoms with Gasteiger partial charge in [-0.05, 0) is 41.1 Å². The standard InChI is InChI=1S/C16H14BrNO2S/c1-10(14-7-11-5-3-4-6-13(11)20-14)18(2)16(19)12-8-15(17)21-9-12/h3-10H,1-2H3. The van der Waals surface area contributed by atoms with Crippen molar-refractivity contribution in [1.82, 2.24) is 4.90 Å². The van der Waals surface area contributed by atoms with Crippen molar-refractivity contribution in [3.8, 4) is 0 Å². The lowest BCUT2D eigenvalue weighted by molar-refractivity contribution is 0.0728. The fourth-order valence-corrected chi connectivity index (χ4v) is 3.33. The first-order valence-corrected chi connectivity index (χ1v) is 8.23. The summed E-state index contributed by atoms with van der Waals surface area (Å²) in [4.78, 5) is 14.2. The number of hydrogen-bond acceptors (Lipinski definition) is 3. The van der Waals surface area contributed by atoms with Gasteiger partial charge in [-0.15, -0.1) is 11.3 Å². The van der Waals surface area contributed by atoms with E-state index in [1.54, 1.807) is 11.9 Å². The Hall–Kier alpha value is -1.59. The van der Waals surface area contributed by atoms with Crippen molar-refractivity contribution in [3.63, 3.8) is 0 Å². The summed E-state index contributed by atoms with van der Waals surface area (Å²) in [7, 11) is 1.80. The van der Waals surface area contributed by atoms with Crippen molar-refractivity contribution in [2.45, 2.75) is 13.0 Å². The summed E-state index contributed by atoms with van der Waals surface area (Å²) in [5.41, 5.74) is 1.54. The van der Waals surface area contributed by atoms with E-state index in [2.05, 4.69) is 15.9 Å². The van der Waals surface area contributed by atoms with Crippen LogP contribution in [-0.4, -0.2) is 17.9 Å². The third kappa shape index (κ3) is 2.76. The highest BCUT2D eigenvalue weighted by molar-refractivity contribution is 9.11. The zero-order valence-electron chi connectivity index (χ0n) is 11.7. The Morgan fingerprint density at radius 3 is 2.76 bits per heavy atom. The van der Waals surface area contributed by atoms with Crippen LogP contribution in [0.15, 0.2) is 50.0 Å². The van der Waals surface area contributed by atoms with Gasteiger partial charge < -0.3 is 9.32 Å².